The second-order valence-electron chi connectivity index (χ2n) is 4.76. The Labute approximate surface area is 115 Å². The molecule has 0 aliphatic rings. The molecule has 2 aromatic rings. The van der Waals surface area contributed by atoms with Gasteiger partial charge in [0.1, 0.15) is 5.82 Å². The van der Waals surface area contributed by atoms with Crippen LogP contribution in [0.3, 0.4) is 0 Å². The summed E-state index contributed by atoms with van der Waals surface area (Å²) in [5, 5.41) is 0. The van der Waals surface area contributed by atoms with Gasteiger partial charge in [-0.15, -0.1) is 0 Å². The summed E-state index contributed by atoms with van der Waals surface area (Å²) in [4.78, 5) is 24.5. The highest BCUT2D eigenvalue weighted by Gasteiger charge is 2.13. The highest BCUT2D eigenvalue weighted by molar-refractivity contribution is 5.32. The molecule has 0 radical (unpaired) electrons. The Bertz CT molecular complexity index is 730. The van der Waals surface area contributed by atoms with Crippen molar-refractivity contribution in [2.24, 2.45) is 5.73 Å². The van der Waals surface area contributed by atoms with Gasteiger partial charge in [0.25, 0.3) is 5.56 Å². The van der Waals surface area contributed by atoms with Crippen molar-refractivity contribution in [1.82, 2.24) is 9.13 Å². The SMILES string of the molecule is CC(C)n1c(=O)c(CN)cn(-c2ccc(F)cc2)c1=O. The molecule has 0 bridgehead atoms. The van der Waals surface area contributed by atoms with Gasteiger partial charge in [0.15, 0.2) is 0 Å². The van der Waals surface area contributed by atoms with Gasteiger partial charge in [-0.05, 0) is 38.1 Å². The number of halogens is 1. The molecule has 6 heteroatoms. The van der Waals surface area contributed by atoms with Crippen LogP contribution < -0.4 is 17.0 Å². The van der Waals surface area contributed by atoms with E-state index in [-0.39, 0.29) is 18.1 Å². The van der Waals surface area contributed by atoms with Gasteiger partial charge in [-0.1, -0.05) is 0 Å². The van der Waals surface area contributed by atoms with E-state index >= 15 is 0 Å². The van der Waals surface area contributed by atoms with Gasteiger partial charge in [0.2, 0.25) is 0 Å². The number of hydrogen-bond acceptors (Lipinski definition) is 3. The quantitative estimate of drug-likeness (QED) is 0.915. The highest BCUT2D eigenvalue weighted by atomic mass is 19.1. The topological polar surface area (TPSA) is 70.0 Å². The molecule has 0 saturated carbocycles. The number of aromatic nitrogens is 2. The van der Waals surface area contributed by atoms with Crippen LogP contribution in [0.15, 0.2) is 40.1 Å². The van der Waals surface area contributed by atoms with Crippen LogP contribution in [-0.2, 0) is 6.54 Å². The molecule has 0 saturated heterocycles. The van der Waals surface area contributed by atoms with Crippen molar-refractivity contribution in [3.05, 3.63) is 62.7 Å². The summed E-state index contributed by atoms with van der Waals surface area (Å²) in [5.41, 5.74) is 5.53. The second kappa shape index (κ2) is 5.42. The highest BCUT2D eigenvalue weighted by Crippen LogP contribution is 2.07. The maximum atomic E-state index is 13.0. The summed E-state index contributed by atoms with van der Waals surface area (Å²) in [5.74, 6) is -0.391. The first kappa shape index (κ1) is 14.2. The molecular formula is C14H16FN3O2. The minimum atomic E-state index is -0.464. The molecule has 0 atom stereocenters. The normalized spacial score (nSPS) is 11.1. The monoisotopic (exact) mass is 277 g/mol. The Morgan fingerprint density at radius 1 is 1.20 bits per heavy atom. The van der Waals surface area contributed by atoms with E-state index in [2.05, 4.69) is 0 Å². The van der Waals surface area contributed by atoms with E-state index in [0.717, 1.165) is 4.57 Å². The van der Waals surface area contributed by atoms with E-state index in [4.69, 9.17) is 5.73 Å². The predicted octanol–water partition coefficient (Wildman–Crippen LogP) is 1.18. The van der Waals surface area contributed by atoms with E-state index in [0.29, 0.717) is 11.3 Å². The molecule has 0 amide bonds. The van der Waals surface area contributed by atoms with Crippen molar-refractivity contribution in [3.63, 3.8) is 0 Å². The zero-order valence-electron chi connectivity index (χ0n) is 11.3. The molecule has 0 fully saturated rings. The molecule has 2 rings (SSSR count). The van der Waals surface area contributed by atoms with Crippen molar-refractivity contribution < 1.29 is 4.39 Å². The van der Waals surface area contributed by atoms with E-state index in [1.807, 2.05) is 0 Å². The summed E-state index contributed by atoms with van der Waals surface area (Å²) >= 11 is 0. The van der Waals surface area contributed by atoms with Crippen molar-refractivity contribution in [1.29, 1.82) is 0 Å². The number of rotatable bonds is 3. The van der Waals surface area contributed by atoms with E-state index < -0.39 is 11.5 Å². The average Bonchev–Trinajstić information content (AvgIpc) is 2.40. The molecule has 0 aliphatic heterocycles. The molecular weight excluding hydrogens is 261 g/mol. The molecule has 0 aliphatic carbocycles. The van der Waals surface area contributed by atoms with Crippen LogP contribution in [0, 0.1) is 5.82 Å². The molecule has 1 heterocycles. The first-order chi connectivity index (χ1) is 9.45. The molecule has 1 aromatic heterocycles. The van der Waals surface area contributed by atoms with E-state index in [1.165, 1.54) is 35.0 Å². The lowest BCUT2D eigenvalue weighted by atomic mass is 10.2. The van der Waals surface area contributed by atoms with Crippen molar-refractivity contribution in [2.45, 2.75) is 26.4 Å². The van der Waals surface area contributed by atoms with Gasteiger partial charge in [0, 0.05) is 24.3 Å². The third-order valence-electron chi connectivity index (χ3n) is 3.03. The van der Waals surface area contributed by atoms with Crippen molar-refractivity contribution in [2.75, 3.05) is 0 Å². The number of nitrogens with zero attached hydrogens (tertiary/aromatic N) is 2. The number of hydrogen-bond donors (Lipinski definition) is 1. The minimum absolute atomic E-state index is 0.0348. The molecule has 0 spiro atoms. The number of benzene rings is 1. The van der Waals surface area contributed by atoms with Crippen molar-refractivity contribution >= 4 is 0 Å². The first-order valence-corrected chi connectivity index (χ1v) is 6.28. The fraction of sp³-hybridized carbons (Fsp3) is 0.286. The predicted molar refractivity (Wildman–Crippen MR) is 74.5 cm³/mol. The van der Waals surface area contributed by atoms with E-state index in [1.54, 1.807) is 13.8 Å². The molecule has 106 valence electrons. The van der Waals surface area contributed by atoms with Crippen LogP contribution in [0.2, 0.25) is 0 Å². The van der Waals surface area contributed by atoms with Gasteiger partial charge >= 0.3 is 5.69 Å². The summed E-state index contributed by atoms with van der Waals surface area (Å²) in [6, 6.07) is 5.19. The lowest BCUT2D eigenvalue weighted by Crippen LogP contribution is -2.42. The fourth-order valence-corrected chi connectivity index (χ4v) is 2.01. The van der Waals surface area contributed by atoms with Crippen LogP contribution >= 0.6 is 0 Å². The van der Waals surface area contributed by atoms with Crippen LogP contribution in [0.25, 0.3) is 5.69 Å². The Morgan fingerprint density at radius 3 is 2.30 bits per heavy atom. The van der Waals surface area contributed by atoms with Gasteiger partial charge in [0.05, 0.1) is 5.69 Å². The summed E-state index contributed by atoms with van der Waals surface area (Å²) in [7, 11) is 0. The van der Waals surface area contributed by atoms with E-state index in [9.17, 15) is 14.0 Å². The molecule has 20 heavy (non-hydrogen) atoms. The first-order valence-electron chi connectivity index (χ1n) is 6.28. The van der Waals surface area contributed by atoms with Crippen LogP contribution in [0.1, 0.15) is 25.5 Å². The maximum absolute atomic E-state index is 13.0. The molecule has 0 unspecified atom stereocenters. The molecule has 5 nitrogen and oxygen atoms in total. The third-order valence-corrected chi connectivity index (χ3v) is 3.03. The van der Waals surface area contributed by atoms with Gasteiger partial charge in [-0.25, -0.2) is 9.18 Å². The largest absolute Gasteiger partial charge is 0.335 e. The summed E-state index contributed by atoms with van der Waals surface area (Å²) in [6.45, 7) is 3.53. The second-order valence-corrected chi connectivity index (χ2v) is 4.76. The number of nitrogens with two attached hydrogens (primary N) is 1. The van der Waals surface area contributed by atoms with Gasteiger partial charge in [-0.3, -0.25) is 13.9 Å². The van der Waals surface area contributed by atoms with Crippen LogP contribution in [-0.4, -0.2) is 9.13 Å². The smallest absolute Gasteiger partial charge is 0.326 e. The van der Waals surface area contributed by atoms with Crippen molar-refractivity contribution in [3.8, 4) is 5.69 Å². The Morgan fingerprint density at radius 2 is 1.80 bits per heavy atom. The maximum Gasteiger partial charge on any atom is 0.335 e. The lowest BCUT2D eigenvalue weighted by Gasteiger charge is -2.14. The Hall–Kier alpha value is -2.21. The molecule has 1 aromatic carbocycles. The van der Waals surface area contributed by atoms with Gasteiger partial charge < -0.3 is 5.73 Å². The summed E-state index contributed by atoms with van der Waals surface area (Å²) < 4.78 is 15.4. The van der Waals surface area contributed by atoms with Crippen LogP contribution in [0.5, 0.6) is 0 Å². The zero-order valence-corrected chi connectivity index (χ0v) is 11.3. The zero-order chi connectivity index (χ0) is 14.9. The minimum Gasteiger partial charge on any atom is -0.326 e. The Balaban J connectivity index is 2.77. The lowest BCUT2D eigenvalue weighted by molar-refractivity contribution is 0.526. The molecule has 2 N–H and O–H groups in total. The fourth-order valence-electron chi connectivity index (χ4n) is 2.01. The van der Waals surface area contributed by atoms with Gasteiger partial charge in [-0.2, -0.15) is 0 Å². The van der Waals surface area contributed by atoms with Crippen LogP contribution in [0.4, 0.5) is 4.39 Å². The Kier molecular flexibility index (Phi) is 3.85. The average molecular weight is 277 g/mol. The summed E-state index contributed by atoms with van der Waals surface area (Å²) in [6.07, 6.45) is 1.41. The third kappa shape index (κ3) is 2.42. The standard InChI is InChI=1S/C14H16FN3O2/c1-9(2)18-13(19)10(7-16)8-17(14(18)20)12-5-3-11(15)4-6-12/h3-6,8-9H,7,16H2,1-2H3.